The molecular weight excluding hydrogens is 1050 g/mol. The van der Waals surface area contributed by atoms with Gasteiger partial charge in [0.25, 0.3) is 0 Å². The molecule has 12 aromatic carbocycles. The van der Waals surface area contributed by atoms with Crippen molar-refractivity contribution in [3.8, 4) is 67.5 Å². The summed E-state index contributed by atoms with van der Waals surface area (Å²) in [4.78, 5) is 0. The van der Waals surface area contributed by atoms with Crippen LogP contribution in [0, 0.1) is 0 Å². The van der Waals surface area contributed by atoms with Gasteiger partial charge in [-0.05, 0) is 136 Å². The van der Waals surface area contributed by atoms with Crippen LogP contribution in [0.5, 0.6) is 23.0 Å². The quantitative estimate of drug-likeness (QED) is 0.0526. The molecule has 0 aliphatic rings. The summed E-state index contributed by atoms with van der Waals surface area (Å²) in [5.74, 6) is 2.30. The van der Waals surface area contributed by atoms with Gasteiger partial charge in [-0.1, -0.05) is 194 Å². The van der Waals surface area contributed by atoms with E-state index in [1.807, 2.05) is 97.1 Å². The Morgan fingerprint density at radius 3 is 0.699 bits per heavy atom. The minimum Gasteiger partial charge on any atom is -0.491 e. The molecular formula is C74H62O8S. The van der Waals surface area contributed by atoms with Crippen LogP contribution in [-0.2, 0) is 0 Å². The van der Waals surface area contributed by atoms with E-state index in [1.165, 1.54) is 0 Å². The van der Waals surface area contributed by atoms with Crippen molar-refractivity contribution in [1.82, 2.24) is 0 Å². The smallest absolute Gasteiger partial charge is 0.124 e. The number of ether oxygens (including phenoxy) is 4. The first kappa shape index (κ1) is 54.6. The second-order valence-corrected chi connectivity index (χ2v) is 21.5. The fourth-order valence-electron chi connectivity index (χ4n) is 11.5. The van der Waals surface area contributed by atoms with Crippen molar-refractivity contribution >= 4 is 54.9 Å². The number of aliphatic hydroxyl groups is 4. The lowest BCUT2D eigenvalue weighted by Crippen LogP contribution is -2.14. The van der Waals surface area contributed by atoms with Gasteiger partial charge in [-0.2, -0.15) is 0 Å². The molecule has 412 valence electrons. The van der Waals surface area contributed by atoms with Crippen molar-refractivity contribution < 1.29 is 39.4 Å². The lowest BCUT2D eigenvalue weighted by Gasteiger charge is -2.32. The minimum atomic E-state index is -0.672. The molecule has 0 amide bonds. The van der Waals surface area contributed by atoms with Crippen LogP contribution in [0.3, 0.4) is 0 Å². The maximum Gasteiger partial charge on any atom is 0.124 e. The van der Waals surface area contributed by atoms with E-state index in [-0.39, 0.29) is 52.9 Å². The third-order valence-corrected chi connectivity index (χ3v) is 16.7. The van der Waals surface area contributed by atoms with Gasteiger partial charge >= 0.3 is 0 Å². The Morgan fingerprint density at radius 2 is 0.482 bits per heavy atom. The van der Waals surface area contributed by atoms with Gasteiger partial charge < -0.3 is 39.4 Å². The topological polar surface area (TPSA) is 118 Å². The lowest BCUT2D eigenvalue weighted by molar-refractivity contribution is 0.199. The molecule has 4 N–H and O–H groups in total. The molecule has 12 aromatic rings. The highest BCUT2D eigenvalue weighted by atomic mass is 32.2. The van der Waals surface area contributed by atoms with E-state index in [0.717, 1.165) is 110 Å². The number of benzene rings is 12. The first-order valence-corrected chi connectivity index (χ1v) is 29.0. The van der Waals surface area contributed by atoms with E-state index in [1.54, 1.807) is 11.8 Å². The molecule has 0 atom stereocenters. The second kappa shape index (κ2) is 25.5. The zero-order chi connectivity index (χ0) is 56.5. The Morgan fingerprint density at radius 1 is 0.253 bits per heavy atom. The largest absolute Gasteiger partial charge is 0.491 e. The van der Waals surface area contributed by atoms with Crippen LogP contribution in [0.2, 0.25) is 0 Å². The van der Waals surface area contributed by atoms with E-state index in [2.05, 4.69) is 146 Å². The van der Waals surface area contributed by atoms with Gasteiger partial charge in [-0.25, -0.2) is 0 Å². The Balaban J connectivity index is 1.21. The molecule has 0 unspecified atom stereocenters. The van der Waals surface area contributed by atoms with Crippen LogP contribution in [0.1, 0.15) is 32.8 Å². The van der Waals surface area contributed by atoms with Gasteiger partial charge in [0.2, 0.25) is 0 Å². The Hall–Kier alpha value is -8.93. The molecule has 0 spiro atoms. The number of hydrogen-bond acceptors (Lipinski definition) is 9. The molecule has 9 heteroatoms. The van der Waals surface area contributed by atoms with E-state index in [0.29, 0.717) is 23.0 Å². The zero-order valence-corrected chi connectivity index (χ0v) is 46.6. The van der Waals surface area contributed by atoms with Crippen LogP contribution < -0.4 is 18.9 Å². The number of thioether (sulfide) groups is 1. The number of rotatable bonds is 22. The van der Waals surface area contributed by atoms with E-state index in [4.69, 9.17) is 18.9 Å². The fourth-order valence-corrected chi connectivity index (χ4v) is 13.3. The predicted octanol–water partition coefficient (Wildman–Crippen LogP) is 16.1. The minimum absolute atomic E-state index is 0.0314. The molecule has 0 saturated heterocycles. The van der Waals surface area contributed by atoms with Gasteiger partial charge in [-0.3, -0.25) is 0 Å². The van der Waals surface area contributed by atoms with E-state index >= 15 is 0 Å². The summed E-state index contributed by atoms with van der Waals surface area (Å²) in [5.41, 5.74) is 11.9. The van der Waals surface area contributed by atoms with Crippen molar-refractivity contribution in [2.75, 3.05) is 52.9 Å². The van der Waals surface area contributed by atoms with Crippen molar-refractivity contribution in [2.24, 2.45) is 0 Å². The highest BCUT2D eigenvalue weighted by Gasteiger charge is 2.36. The van der Waals surface area contributed by atoms with Crippen molar-refractivity contribution in [3.63, 3.8) is 0 Å². The average molecular weight is 1110 g/mol. The van der Waals surface area contributed by atoms with Crippen LogP contribution in [0.25, 0.3) is 87.6 Å². The molecule has 0 fully saturated rings. The summed E-state index contributed by atoms with van der Waals surface area (Å²) >= 11 is 1.68. The first-order valence-electron chi connectivity index (χ1n) is 28.1. The fraction of sp³-hybridized carbons (Fsp3) is 0.135. The van der Waals surface area contributed by atoms with Gasteiger partial charge in [0, 0.05) is 22.3 Å². The Kier molecular flexibility index (Phi) is 16.8. The van der Waals surface area contributed by atoms with Crippen molar-refractivity contribution in [3.05, 3.63) is 265 Å². The molecule has 12 rings (SSSR count). The molecule has 0 radical (unpaired) electrons. The molecule has 0 heterocycles. The predicted molar refractivity (Wildman–Crippen MR) is 339 cm³/mol. The van der Waals surface area contributed by atoms with Crippen LogP contribution in [-0.4, -0.2) is 73.3 Å². The standard InChI is InChI=1S/C74H62O8S/c75-37-41-79-65-33-25-57-45-53(49-13-5-1-6-14-49)21-29-61(57)69(65)73(70-62-30-22-54(50-15-7-2-8-16-50)46-58(62)26-34-66(70)80-42-38-76)83-74(71-63-31-23-55(51-17-9-3-10-18-51)47-59(63)27-35-67(71)81-43-39-77)72-64-32-24-56(52-19-11-4-12-20-52)48-60(64)28-36-68(72)82-44-40-78/h1-36,45-48,73-78H,37-44H2. The average Bonchev–Trinajstić information content (AvgIpc) is 2.82. The summed E-state index contributed by atoms with van der Waals surface area (Å²) in [7, 11) is 0. The Labute approximate surface area is 487 Å². The molecule has 0 saturated carbocycles. The maximum atomic E-state index is 10.5. The monoisotopic (exact) mass is 1110 g/mol. The van der Waals surface area contributed by atoms with Gasteiger partial charge in [0.05, 0.1) is 36.9 Å². The molecule has 0 aliphatic carbocycles. The van der Waals surface area contributed by atoms with Gasteiger partial charge in [-0.15, -0.1) is 11.8 Å². The van der Waals surface area contributed by atoms with Crippen molar-refractivity contribution in [1.29, 1.82) is 0 Å². The van der Waals surface area contributed by atoms with Crippen LogP contribution in [0.15, 0.2) is 243 Å². The summed E-state index contributed by atoms with van der Waals surface area (Å²) in [6.45, 7) is -0.742. The molecule has 0 aromatic heterocycles. The highest BCUT2D eigenvalue weighted by Crippen LogP contribution is 2.59. The zero-order valence-electron chi connectivity index (χ0n) is 45.7. The third-order valence-electron chi connectivity index (χ3n) is 15.2. The van der Waals surface area contributed by atoms with E-state index < -0.39 is 10.5 Å². The SMILES string of the molecule is OCCOc1ccc2cc(-c3ccccc3)ccc2c1C(SC(c1c(OCCO)ccc2cc(-c3ccccc3)ccc12)c1c(OCCO)ccc2cc(-c3ccccc3)ccc12)c1c(OCCO)ccc2cc(-c3ccccc3)ccc12. The maximum absolute atomic E-state index is 10.5. The van der Waals surface area contributed by atoms with Crippen molar-refractivity contribution in [2.45, 2.75) is 10.5 Å². The second-order valence-electron chi connectivity index (χ2n) is 20.3. The number of hydrogen-bond donors (Lipinski definition) is 4. The van der Waals surface area contributed by atoms with E-state index in [9.17, 15) is 20.4 Å². The number of fused-ring (bicyclic) bond motifs is 4. The number of aliphatic hydroxyl groups excluding tert-OH is 4. The summed E-state index contributed by atoms with van der Waals surface area (Å²) in [5, 5.41) is 48.4. The van der Waals surface area contributed by atoms with Gasteiger partial charge in [0.15, 0.2) is 0 Å². The summed E-state index contributed by atoms with van der Waals surface area (Å²) < 4.78 is 27.1. The van der Waals surface area contributed by atoms with Crippen LogP contribution in [0.4, 0.5) is 0 Å². The molecule has 0 bridgehead atoms. The normalized spacial score (nSPS) is 11.5. The summed E-state index contributed by atoms with van der Waals surface area (Å²) in [6.07, 6.45) is 0. The molecule has 83 heavy (non-hydrogen) atoms. The third kappa shape index (κ3) is 11.5. The highest BCUT2D eigenvalue weighted by molar-refractivity contribution is 8.00. The van der Waals surface area contributed by atoms with Gasteiger partial charge in [0.1, 0.15) is 49.4 Å². The Bertz CT molecular complexity index is 3650. The lowest BCUT2D eigenvalue weighted by atomic mass is 9.90. The molecule has 8 nitrogen and oxygen atoms in total. The van der Waals surface area contributed by atoms with Crippen LogP contribution >= 0.6 is 11.8 Å². The first-order chi connectivity index (χ1) is 41.0. The summed E-state index contributed by atoms with van der Waals surface area (Å²) in [6, 6.07) is 83.9. The molecule has 0 aliphatic heterocycles.